The van der Waals surface area contributed by atoms with Gasteiger partial charge in [0.25, 0.3) is 0 Å². The number of benzene rings is 3. The van der Waals surface area contributed by atoms with E-state index in [4.69, 9.17) is 30.9 Å². The van der Waals surface area contributed by atoms with Crippen molar-refractivity contribution in [2.45, 2.75) is 25.4 Å². The van der Waals surface area contributed by atoms with Crippen LogP contribution in [0.1, 0.15) is 24.8 Å². The van der Waals surface area contributed by atoms with Crippen molar-refractivity contribution in [2.75, 3.05) is 13.2 Å². The third-order valence-corrected chi connectivity index (χ3v) is 5.59. The average Bonchev–Trinajstić information content (AvgIpc) is 2.82. The molecule has 0 saturated heterocycles. The Morgan fingerprint density at radius 3 is 2.67 bits per heavy atom. The normalized spacial score (nSPS) is 15.2. The summed E-state index contributed by atoms with van der Waals surface area (Å²) in [5.74, 6) is 6.52. The molecule has 0 unspecified atom stereocenters. The van der Waals surface area contributed by atoms with Gasteiger partial charge < -0.3 is 19.3 Å². The maximum absolute atomic E-state index is 11.1. The summed E-state index contributed by atoms with van der Waals surface area (Å²) >= 11 is 6.33. The molecule has 0 aliphatic carbocycles. The third kappa shape index (κ3) is 5.60. The minimum atomic E-state index is -0.879. The number of carboxylic acids is 1. The van der Waals surface area contributed by atoms with Crippen molar-refractivity contribution in [3.05, 3.63) is 77.3 Å². The second-order valence-electron chi connectivity index (χ2n) is 7.62. The molecule has 0 saturated carbocycles. The Balaban J connectivity index is 1.40. The van der Waals surface area contributed by atoms with E-state index in [0.29, 0.717) is 35.5 Å². The van der Waals surface area contributed by atoms with Crippen LogP contribution >= 0.6 is 11.6 Å². The van der Waals surface area contributed by atoms with Crippen molar-refractivity contribution >= 4 is 17.6 Å². The first-order chi connectivity index (χ1) is 16.0. The van der Waals surface area contributed by atoms with E-state index >= 15 is 0 Å². The van der Waals surface area contributed by atoms with Crippen LogP contribution in [0, 0.1) is 11.8 Å². The van der Waals surface area contributed by atoms with E-state index in [9.17, 15) is 4.79 Å². The Morgan fingerprint density at radius 2 is 1.94 bits per heavy atom. The molecule has 4 rings (SSSR count). The lowest BCUT2D eigenvalue weighted by Gasteiger charge is -2.27. The fourth-order valence-electron chi connectivity index (χ4n) is 3.65. The molecule has 0 bridgehead atoms. The number of carbonyl (C=O) groups is 1. The fraction of sp³-hybridized carbons (Fsp3) is 0.222. The molecule has 2 atom stereocenters. The van der Waals surface area contributed by atoms with E-state index in [1.165, 1.54) is 0 Å². The first kappa shape index (κ1) is 22.6. The smallest absolute Gasteiger partial charge is 0.304 e. The summed E-state index contributed by atoms with van der Waals surface area (Å²) in [6.45, 7) is 2.39. The number of hydrogen-bond acceptors (Lipinski definition) is 4. The monoisotopic (exact) mass is 462 g/mol. The zero-order chi connectivity index (χ0) is 23.2. The Kier molecular flexibility index (Phi) is 7.07. The van der Waals surface area contributed by atoms with E-state index in [-0.39, 0.29) is 18.4 Å². The number of aliphatic carboxylic acids is 1. The van der Waals surface area contributed by atoms with Crippen molar-refractivity contribution in [1.82, 2.24) is 0 Å². The summed E-state index contributed by atoms with van der Waals surface area (Å²) < 4.78 is 17.9. The topological polar surface area (TPSA) is 65.0 Å². The van der Waals surface area contributed by atoms with Crippen molar-refractivity contribution in [3.63, 3.8) is 0 Å². The second-order valence-corrected chi connectivity index (χ2v) is 8.02. The lowest BCUT2D eigenvalue weighted by molar-refractivity contribution is -0.137. The van der Waals surface area contributed by atoms with E-state index in [2.05, 4.69) is 11.8 Å². The van der Waals surface area contributed by atoms with Crippen LogP contribution in [0.25, 0.3) is 11.1 Å². The molecule has 0 radical (unpaired) electrons. The number of fused-ring (bicyclic) bond motifs is 1. The van der Waals surface area contributed by atoms with Gasteiger partial charge >= 0.3 is 5.97 Å². The van der Waals surface area contributed by atoms with E-state index < -0.39 is 5.97 Å². The first-order valence-electron chi connectivity index (χ1n) is 10.6. The fourth-order valence-corrected chi connectivity index (χ4v) is 3.89. The highest BCUT2D eigenvalue weighted by Gasteiger charge is 2.23. The number of ether oxygens (including phenoxy) is 3. The van der Waals surface area contributed by atoms with Crippen LogP contribution in [0.2, 0.25) is 5.02 Å². The third-order valence-electron chi connectivity index (χ3n) is 5.26. The van der Waals surface area contributed by atoms with Crippen molar-refractivity contribution in [2.24, 2.45) is 0 Å². The largest absolute Gasteiger partial charge is 0.490 e. The zero-order valence-corrected chi connectivity index (χ0v) is 18.8. The number of carboxylic acid groups (broad SMARTS) is 1. The lowest BCUT2D eigenvalue weighted by Crippen LogP contribution is -2.34. The quantitative estimate of drug-likeness (QED) is 0.449. The average molecular weight is 463 g/mol. The van der Waals surface area contributed by atoms with Gasteiger partial charge in [-0.25, -0.2) is 0 Å². The Morgan fingerprint density at radius 1 is 1.15 bits per heavy atom. The lowest BCUT2D eigenvalue weighted by atomic mass is 9.96. The summed E-state index contributed by atoms with van der Waals surface area (Å²) in [5.41, 5.74) is 2.72. The highest BCUT2D eigenvalue weighted by atomic mass is 35.5. The van der Waals surface area contributed by atoms with Gasteiger partial charge in [0, 0.05) is 10.6 Å². The summed E-state index contributed by atoms with van der Waals surface area (Å²) in [4.78, 5) is 11.1. The molecule has 3 aromatic carbocycles. The predicted octanol–water partition coefficient (Wildman–Crippen LogP) is 5.81. The van der Waals surface area contributed by atoms with Crippen LogP contribution in [0.3, 0.4) is 0 Å². The summed E-state index contributed by atoms with van der Waals surface area (Å²) in [5, 5.41) is 9.77. The Labute approximate surface area is 197 Å². The van der Waals surface area contributed by atoms with Gasteiger partial charge in [-0.15, -0.1) is 5.92 Å². The number of rotatable bonds is 7. The highest BCUT2D eigenvalue weighted by Crippen LogP contribution is 2.37. The molecule has 0 spiro atoms. The van der Waals surface area contributed by atoms with Gasteiger partial charge in [0.2, 0.25) is 0 Å². The van der Waals surface area contributed by atoms with Gasteiger partial charge in [-0.3, -0.25) is 4.79 Å². The molecule has 0 amide bonds. The molecule has 1 heterocycles. The molecule has 5 nitrogen and oxygen atoms in total. The Hall–Kier alpha value is -3.62. The van der Waals surface area contributed by atoms with Gasteiger partial charge in [-0.2, -0.15) is 0 Å². The minimum Gasteiger partial charge on any atom is -0.490 e. The van der Waals surface area contributed by atoms with Crippen LogP contribution < -0.4 is 14.2 Å². The second kappa shape index (κ2) is 10.3. The minimum absolute atomic E-state index is 0.0378. The molecule has 3 aromatic rings. The van der Waals surface area contributed by atoms with Gasteiger partial charge in [-0.1, -0.05) is 53.9 Å². The highest BCUT2D eigenvalue weighted by molar-refractivity contribution is 6.33. The molecule has 1 N–H and O–H groups in total. The molecule has 33 heavy (non-hydrogen) atoms. The van der Waals surface area contributed by atoms with E-state index in [0.717, 1.165) is 16.7 Å². The van der Waals surface area contributed by atoms with Crippen molar-refractivity contribution in [1.29, 1.82) is 0 Å². The maximum Gasteiger partial charge on any atom is 0.304 e. The van der Waals surface area contributed by atoms with Crippen LogP contribution in [0.15, 0.2) is 66.7 Å². The first-order valence-corrected chi connectivity index (χ1v) is 11.0. The van der Waals surface area contributed by atoms with Gasteiger partial charge in [0.1, 0.15) is 19.0 Å². The van der Waals surface area contributed by atoms with Gasteiger partial charge in [0.15, 0.2) is 17.6 Å². The van der Waals surface area contributed by atoms with E-state index in [1.54, 1.807) is 6.92 Å². The molecular formula is C27H23ClO5. The van der Waals surface area contributed by atoms with Crippen LogP contribution in [-0.4, -0.2) is 30.4 Å². The predicted molar refractivity (Wildman–Crippen MR) is 127 cm³/mol. The molecule has 0 aromatic heterocycles. The molecule has 0 fully saturated rings. The number of hydrogen-bond donors (Lipinski definition) is 1. The van der Waals surface area contributed by atoms with Crippen molar-refractivity contribution < 1.29 is 24.1 Å². The zero-order valence-electron chi connectivity index (χ0n) is 18.1. The van der Waals surface area contributed by atoms with Crippen LogP contribution in [-0.2, 0) is 4.79 Å². The molecule has 1 aliphatic heterocycles. The standard InChI is InChI=1S/C27H23ClO5/c1-2-5-19(15-27(29)30)18-8-11-21(12-9-18)31-16-22-17-32-25-13-10-20(14-26(25)33-22)23-6-3-4-7-24(23)28/h3-4,6-14,19,22H,15-17H2,1H3,(H,29,30)/t19-,22-/m0/s1. The summed E-state index contributed by atoms with van der Waals surface area (Å²) in [6, 6.07) is 20.7. The van der Waals surface area contributed by atoms with Gasteiger partial charge in [0.05, 0.1) is 12.3 Å². The number of halogens is 1. The summed E-state index contributed by atoms with van der Waals surface area (Å²) in [6.07, 6.45) is -0.312. The molecular weight excluding hydrogens is 440 g/mol. The van der Waals surface area contributed by atoms with Crippen LogP contribution in [0.5, 0.6) is 17.2 Å². The SMILES string of the molecule is CC#C[C@@H](CC(=O)O)c1ccc(OC[C@H]2COc3ccc(-c4ccccc4Cl)cc3O2)cc1. The Bertz CT molecular complexity index is 1190. The van der Waals surface area contributed by atoms with E-state index in [1.807, 2.05) is 66.7 Å². The molecule has 1 aliphatic rings. The summed E-state index contributed by atoms with van der Waals surface area (Å²) in [7, 11) is 0. The maximum atomic E-state index is 11.1. The van der Waals surface area contributed by atoms with Crippen molar-refractivity contribution in [3.8, 4) is 40.2 Å². The van der Waals surface area contributed by atoms with Gasteiger partial charge in [-0.05, 0) is 48.4 Å². The molecule has 168 valence electrons. The van der Waals surface area contributed by atoms with Crippen LogP contribution in [0.4, 0.5) is 0 Å². The molecule has 6 heteroatoms.